The fraction of sp³-hybridized carbons (Fsp3) is 0.579. The van der Waals surface area contributed by atoms with Crippen LogP contribution < -0.4 is 9.47 Å². The molecule has 3 rings (SSSR count). The zero-order chi connectivity index (χ0) is 22.8. The van der Waals surface area contributed by atoms with Crippen molar-refractivity contribution in [2.45, 2.75) is 37.6 Å². The second-order valence-electron chi connectivity index (χ2n) is 8.21. The third-order valence-electron chi connectivity index (χ3n) is 5.07. The van der Waals surface area contributed by atoms with Crippen molar-refractivity contribution in [3.05, 3.63) is 24.0 Å². The topological polar surface area (TPSA) is 120 Å². The van der Waals surface area contributed by atoms with Gasteiger partial charge in [0.25, 0.3) is 0 Å². The highest BCUT2D eigenvalue weighted by atomic mass is 32.2. The summed E-state index contributed by atoms with van der Waals surface area (Å²) in [4.78, 5) is 14.4. The number of amides is 1. The predicted octanol–water partition coefficient (Wildman–Crippen LogP) is 0.521. The number of rotatable bonds is 6. The van der Waals surface area contributed by atoms with E-state index in [2.05, 4.69) is 15.5 Å². The minimum atomic E-state index is -3.81. The van der Waals surface area contributed by atoms with Crippen molar-refractivity contribution in [3.8, 4) is 11.5 Å². The average molecular weight is 453 g/mol. The summed E-state index contributed by atoms with van der Waals surface area (Å²) < 4.78 is 39.6. The molecular weight excluding hydrogens is 424 g/mol. The molecule has 0 bridgehead atoms. The molecule has 2 aromatic rings. The molecule has 0 aliphatic carbocycles. The third-order valence-corrected chi connectivity index (χ3v) is 6.99. The van der Waals surface area contributed by atoms with Crippen LogP contribution >= 0.6 is 0 Å². The molecule has 0 atom stereocenters. The molecule has 1 aliphatic rings. The number of ether oxygens (including phenoxy) is 2. The molecule has 0 spiro atoms. The van der Waals surface area contributed by atoms with Crippen LogP contribution in [0.3, 0.4) is 0 Å². The zero-order valence-corrected chi connectivity index (χ0v) is 19.2. The second kappa shape index (κ2) is 8.79. The lowest BCUT2D eigenvalue weighted by Gasteiger charge is -2.34. The molecular formula is C19H28N6O5S. The van der Waals surface area contributed by atoms with Crippen molar-refractivity contribution in [2.24, 2.45) is 0 Å². The van der Waals surface area contributed by atoms with E-state index in [1.165, 1.54) is 29.3 Å². The molecule has 1 aromatic carbocycles. The van der Waals surface area contributed by atoms with E-state index in [-0.39, 0.29) is 54.7 Å². The molecule has 12 heteroatoms. The Morgan fingerprint density at radius 1 is 1.10 bits per heavy atom. The van der Waals surface area contributed by atoms with Gasteiger partial charge in [0.2, 0.25) is 15.9 Å². The summed E-state index contributed by atoms with van der Waals surface area (Å²) in [6, 6.07) is 4.64. The number of piperazine rings is 1. The number of methoxy groups -OCH3 is 2. The van der Waals surface area contributed by atoms with Gasteiger partial charge < -0.3 is 14.4 Å². The van der Waals surface area contributed by atoms with Crippen molar-refractivity contribution < 1.29 is 22.7 Å². The molecule has 31 heavy (non-hydrogen) atoms. The third kappa shape index (κ3) is 4.79. The van der Waals surface area contributed by atoms with E-state index in [1.54, 1.807) is 17.0 Å². The summed E-state index contributed by atoms with van der Waals surface area (Å²) in [5.41, 5.74) is -0.299. The van der Waals surface area contributed by atoms with E-state index >= 15 is 0 Å². The van der Waals surface area contributed by atoms with Gasteiger partial charge in [-0.3, -0.25) is 4.79 Å². The molecule has 170 valence electrons. The molecule has 1 aliphatic heterocycles. The number of carbonyl (C=O) groups excluding carboxylic acids is 1. The van der Waals surface area contributed by atoms with Crippen LogP contribution in [0.1, 0.15) is 26.6 Å². The smallest absolute Gasteiger partial charge is 0.247 e. The normalized spacial score (nSPS) is 15.7. The van der Waals surface area contributed by atoms with Gasteiger partial charge in [0.15, 0.2) is 5.82 Å². The average Bonchev–Trinajstić information content (AvgIpc) is 3.22. The Hall–Kier alpha value is -2.73. The van der Waals surface area contributed by atoms with Crippen molar-refractivity contribution in [1.29, 1.82) is 0 Å². The fourth-order valence-corrected chi connectivity index (χ4v) is 4.97. The summed E-state index contributed by atoms with van der Waals surface area (Å²) in [5, 5.41) is 11.6. The van der Waals surface area contributed by atoms with Crippen LogP contribution in [0, 0.1) is 0 Å². The lowest BCUT2D eigenvalue weighted by Crippen LogP contribution is -2.51. The van der Waals surface area contributed by atoms with Gasteiger partial charge in [-0.1, -0.05) is 20.8 Å². The Kier molecular flexibility index (Phi) is 6.51. The number of sulfonamides is 1. The molecule has 11 nitrogen and oxygen atoms in total. The Morgan fingerprint density at radius 3 is 2.35 bits per heavy atom. The molecule has 0 unspecified atom stereocenters. The van der Waals surface area contributed by atoms with Gasteiger partial charge in [-0.15, -0.1) is 5.10 Å². The number of hydrogen-bond donors (Lipinski definition) is 0. The molecule has 1 aromatic heterocycles. The quantitative estimate of drug-likeness (QED) is 0.622. The summed E-state index contributed by atoms with van der Waals surface area (Å²) in [7, 11) is -0.920. The number of benzene rings is 1. The van der Waals surface area contributed by atoms with Crippen LogP contribution in [0.15, 0.2) is 23.1 Å². The van der Waals surface area contributed by atoms with Gasteiger partial charge in [0.1, 0.15) is 22.9 Å². The maximum Gasteiger partial charge on any atom is 0.247 e. The van der Waals surface area contributed by atoms with Gasteiger partial charge in [-0.25, -0.2) is 13.1 Å². The first-order chi connectivity index (χ1) is 14.6. The largest absolute Gasteiger partial charge is 0.497 e. The first-order valence-corrected chi connectivity index (χ1v) is 11.3. The van der Waals surface area contributed by atoms with Crippen LogP contribution in [0.4, 0.5) is 0 Å². The van der Waals surface area contributed by atoms with Gasteiger partial charge in [0, 0.05) is 37.7 Å². The molecule has 1 amide bonds. The van der Waals surface area contributed by atoms with Crippen LogP contribution in [-0.4, -0.2) is 84.1 Å². The van der Waals surface area contributed by atoms with Crippen molar-refractivity contribution in [3.63, 3.8) is 0 Å². The molecule has 1 fully saturated rings. The predicted molar refractivity (Wildman–Crippen MR) is 111 cm³/mol. The SMILES string of the molecule is COc1ccc(OC)c(S(=O)(=O)N2CCN(C(=O)Cn3nnnc3C(C)(C)C)CC2)c1. The Labute approximate surface area is 182 Å². The Balaban J connectivity index is 1.69. The van der Waals surface area contributed by atoms with Gasteiger partial charge in [-0.2, -0.15) is 4.31 Å². The molecule has 0 radical (unpaired) electrons. The lowest BCUT2D eigenvalue weighted by atomic mass is 9.96. The minimum Gasteiger partial charge on any atom is -0.497 e. The highest BCUT2D eigenvalue weighted by Gasteiger charge is 2.33. The maximum atomic E-state index is 13.2. The Morgan fingerprint density at radius 2 is 1.77 bits per heavy atom. The summed E-state index contributed by atoms with van der Waals surface area (Å²) in [5.74, 6) is 1.12. The van der Waals surface area contributed by atoms with E-state index in [0.29, 0.717) is 11.6 Å². The minimum absolute atomic E-state index is 0.00998. The van der Waals surface area contributed by atoms with Crippen molar-refractivity contribution >= 4 is 15.9 Å². The number of carbonyl (C=O) groups is 1. The van der Waals surface area contributed by atoms with Gasteiger partial charge >= 0.3 is 0 Å². The number of nitrogens with zero attached hydrogens (tertiary/aromatic N) is 6. The molecule has 1 saturated heterocycles. The van der Waals surface area contributed by atoms with E-state index in [0.717, 1.165) is 0 Å². The van der Waals surface area contributed by atoms with Gasteiger partial charge in [-0.05, 0) is 22.6 Å². The van der Waals surface area contributed by atoms with Crippen LogP contribution in [-0.2, 0) is 26.8 Å². The monoisotopic (exact) mass is 452 g/mol. The highest BCUT2D eigenvalue weighted by Crippen LogP contribution is 2.31. The molecule has 0 saturated carbocycles. The van der Waals surface area contributed by atoms with Crippen LogP contribution in [0.2, 0.25) is 0 Å². The van der Waals surface area contributed by atoms with E-state index in [9.17, 15) is 13.2 Å². The second-order valence-corrected chi connectivity index (χ2v) is 10.1. The van der Waals surface area contributed by atoms with E-state index < -0.39 is 10.0 Å². The number of aromatic nitrogens is 4. The number of hydrogen-bond acceptors (Lipinski definition) is 8. The highest BCUT2D eigenvalue weighted by molar-refractivity contribution is 7.89. The van der Waals surface area contributed by atoms with Gasteiger partial charge in [0.05, 0.1) is 14.2 Å². The van der Waals surface area contributed by atoms with Crippen molar-refractivity contribution in [1.82, 2.24) is 29.4 Å². The fourth-order valence-electron chi connectivity index (χ4n) is 3.38. The van der Waals surface area contributed by atoms with Crippen molar-refractivity contribution in [2.75, 3.05) is 40.4 Å². The van der Waals surface area contributed by atoms with E-state index in [1.807, 2.05) is 20.8 Å². The summed E-state index contributed by atoms with van der Waals surface area (Å²) in [6.07, 6.45) is 0. The first kappa shape index (κ1) is 22.9. The van der Waals surface area contributed by atoms with Crippen LogP contribution in [0.25, 0.3) is 0 Å². The summed E-state index contributed by atoms with van der Waals surface area (Å²) in [6.45, 7) is 6.82. The summed E-state index contributed by atoms with van der Waals surface area (Å²) >= 11 is 0. The zero-order valence-electron chi connectivity index (χ0n) is 18.4. The standard InChI is InChI=1S/C19H28N6O5S/c1-19(2,3)18-20-21-22-25(18)13-17(26)23-8-10-24(11-9-23)31(27,28)16-12-14(29-4)6-7-15(16)30-5/h6-7,12H,8-11,13H2,1-5H3. The number of tetrazole rings is 1. The van der Waals surface area contributed by atoms with E-state index in [4.69, 9.17) is 9.47 Å². The van der Waals surface area contributed by atoms with Crippen LogP contribution in [0.5, 0.6) is 11.5 Å². The molecule has 0 N–H and O–H groups in total. The maximum absolute atomic E-state index is 13.2. The molecule has 2 heterocycles. The Bertz CT molecular complexity index is 1040. The first-order valence-electron chi connectivity index (χ1n) is 9.84. The lowest BCUT2D eigenvalue weighted by molar-refractivity contribution is -0.133.